The summed E-state index contributed by atoms with van der Waals surface area (Å²) in [6.07, 6.45) is 1.86. The van der Waals surface area contributed by atoms with Gasteiger partial charge in [0.15, 0.2) is 11.6 Å². The number of morpholine rings is 1. The minimum Gasteiger partial charge on any atom is -0.494 e. The van der Waals surface area contributed by atoms with E-state index < -0.39 is 0 Å². The molecule has 1 aromatic heterocycles. The summed E-state index contributed by atoms with van der Waals surface area (Å²) in [5.74, 6) is 2.62. The molecular formula is C23H31N5O3. The molecule has 0 spiro atoms. The lowest BCUT2D eigenvalue weighted by molar-refractivity contribution is -0.125. The molecule has 8 heteroatoms. The van der Waals surface area contributed by atoms with E-state index in [1.54, 1.807) is 0 Å². The molecule has 1 unspecified atom stereocenters. The van der Waals surface area contributed by atoms with Crippen LogP contribution in [0.1, 0.15) is 25.3 Å². The number of rotatable bonds is 7. The molecule has 0 radical (unpaired) electrons. The average Bonchev–Trinajstić information content (AvgIpc) is 2.84. The van der Waals surface area contributed by atoms with Crippen molar-refractivity contribution < 1.29 is 14.3 Å². The first-order valence-electron chi connectivity index (χ1n) is 11.1. The lowest BCUT2D eigenvalue weighted by Crippen LogP contribution is -2.43. The normalized spacial score (nSPS) is 19.2. The van der Waals surface area contributed by atoms with Gasteiger partial charge < -0.3 is 24.6 Å². The molecule has 31 heavy (non-hydrogen) atoms. The van der Waals surface area contributed by atoms with Gasteiger partial charge >= 0.3 is 0 Å². The van der Waals surface area contributed by atoms with Crippen LogP contribution in [0.4, 0.5) is 11.6 Å². The number of nitrogens with zero attached hydrogens (tertiary/aromatic N) is 4. The summed E-state index contributed by atoms with van der Waals surface area (Å²) in [4.78, 5) is 17.1. The molecule has 2 fully saturated rings. The summed E-state index contributed by atoms with van der Waals surface area (Å²) < 4.78 is 10.9. The van der Waals surface area contributed by atoms with Gasteiger partial charge in [-0.05, 0) is 49.6 Å². The third-order valence-electron chi connectivity index (χ3n) is 5.79. The molecule has 2 aliphatic heterocycles. The Hall–Kier alpha value is -2.87. The van der Waals surface area contributed by atoms with Crippen molar-refractivity contribution in [2.75, 3.05) is 55.8 Å². The van der Waals surface area contributed by atoms with Crippen LogP contribution in [0.15, 0.2) is 36.4 Å². The van der Waals surface area contributed by atoms with Crippen LogP contribution in [0.5, 0.6) is 5.75 Å². The molecular weight excluding hydrogens is 394 g/mol. The van der Waals surface area contributed by atoms with Gasteiger partial charge in [0.1, 0.15) is 5.75 Å². The number of benzene rings is 1. The Kier molecular flexibility index (Phi) is 7.19. The Bertz CT molecular complexity index is 837. The van der Waals surface area contributed by atoms with E-state index in [1.165, 1.54) is 0 Å². The average molecular weight is 426 g/mol. The summed E-state index contributed by atoms with van der Waals surface area (Å²) in [6, 6.07) is 11.9. The minimum absolute atomic E-state index is 0.0443. The van der Waals surface area contributed by atoms with Gasteiger partial charge in [0.25, 0.3) is 0 Å². The summed E-state index contributed by atoms with van der Waals surface area (Å²) in [6.45, 7) is 7.83. The van der Waals surface area contributed by atoms with E-state index in [-0.39, 0.29) is 11.8 Å². The molecule has 3 heterocycles. The van der Waals surface area contributed by atoms with Crippen molar-refractivity contribution in [2.45, 2.75) is 26.3 Å². The van der Waals surface area contributed by atoms with Crippen molar-refractivity contribution in [3.63, 3.8) is 0 Å². The molecule has 0 aliphatic carbocycles. The van der Waals surface area contributed by atoms with Crippen molar-refractivity contribution in [2.24, 2.45) is 5.92 Å². The van der Waals surface area contributed by atoms with Crippen LogP contribution < -0.4 is 19.9 Å². The van der Waals surface area contributed by atoms with E-state index in [1.807, 2.05) is 43.3 Å². The van der Waals surface area contributed by atoms with Crippen LogP contribution in [0.25, 0.3) is 0 Å². The second-order valence-corrected chi connectivity index (χ2v) is 7.93. The largest absolute Gasteiger partial charge is 0.494 e. The number of nitrogens with one attached hydrogen (secondary N) is 1. The van der Waals surface area contributed by atoms with Crippen LogP contribution in [0.3, 0.4) is 0 Å². The van der Waals surface area contributed by atoms with Crippen molar-refractivity contribution in [1.82, 2.24) is 15.5 Å². The molecule has 4 rings (SSSR count). The first-order valence-corrected chi connectivity index (χ1v) is 11.1. The lowest BCUT2D eigenvalue weighted by atomic mass is 9.97. The number of anilines is 2. The molecule has 0 bridgehead atoms. The van der Waals surface area contributed by atoms with Gasteiger partial charge in [0, 0.05) is 32.7 Å². The van der Waals surface area contributed by atoms with Gasteiger partial charge in [-0.1, -0.05) is 12.1 Å². The number of amides is 1. The van der Waals surface area contributed by atoms with Gasteiger partial charge in [0.05, 0.1) is 25.7 Å². The van der Waals surface area contributed by atoms with E-state index in [2.05, 4.69) is 25.3 Å². The van der Waals surface area contributed by atoms with Gasteiger partial charge in [-0.15, -0.1) is 10.2 Å². The Labute approximate surface area is 183 Å². The van der Waals surface area contributed by atoms with Crippen molar-refractivity contribution in [3.8, 4) is 5.75 Å². The van der Waals surface area contributed by atoms with Crippen LogP contribution in [-0.4, -0.2) is 62.1 Å². The summed E-state index contributed by atoms with van der Waals surface area (Å²) in [7, 11) is 0. The number of carbonyl (C=O) groups is 1. The molecule has 1 aromatic carbocycles. The fourth-order valence-corrected chi connectivity index (χ4v) is 4.05. The molecule has 2 aromatic rings. The number of ether oxygens (including phenoxy) is 2. The first kappa shape index (κ1) is 21.4. The van der Waals surface area contributed by atoms with Gasteiger partial charge in [0.2, 0.25) is 5.91 Å². The Balaban J connectivity index is 1.29. The second kappa shape index (κ2) is 10.4. The fourth-order valence-electron chi connectivity index (χ4n) is 4.05. The van der Waals surface area contributed by atoms with Gasteiger partial charge in [-0.3, -0.25) is 4.79 Å². The maximum absolute atomic E-state index is 12.8. The van der Waals surface area contributed by atoms with Crippen LogP contribution in [0.2, 0.25) is 0 Å². The maximum atomic E-state index is 12.8. The summed E-state index contributed by atoms with van der Waals surface area (Å²) in [5, 5.41) is 11.9. The van der Waals surface area contributed by atoms with Gasteiger partial charge in [-0.25, -0.2) is 0 Å². The zero-order valence-electron chi connectivity index (χ0n) is 18.1. The minimum atomic E-state index is -0.0443. The van der Waals surface area contributed by atoms with Crippen molar-refractivity contribution >= 4 is 17.5 Å². The number of aromatic nitrogens is 2. The first-order chi connectivity index (χ1) is 15.2. The molecule has 0 saturated carbocycles. The monoisotopic (exact) mass is 425 g/mol. The smallest absolute Gasteiger partial charge is 0.225 e. The zero-order valence-corrected chi connectivity index (χ0v) is 18.1. The van der Waals surface area contributed by atoms with E-state index >= 15 is 0 Å². The Morgan fingerprint density at radius 3 is 2.45 bits per heavy atom. The predicted octanol–water partition coefficient (Wildman–Crippen LogP) is 2.24. The third-order valence-corrected chi connectivity index (χ3v) is 5.79. The highest BCUT2D eigenvalue weighted by atomic mass is 16.5. The highest BCUT2D eigenvalue weighted by Crippen LogP contribution is 2.23. The van der Waals surface area contributed by atoms with Crippen LogP contribution >= 0.6 is 0 Å². The van der Waals surface area contributed by atoms with E-state index in [4.69, 9.17) is 9.47 Å². The van der Waals surface area contributed by atoms with E-state index in [0.717, 1.165) is 68.6 Å². The SMILES string of the molecule is CCOc1ccc(CNC(=O)C2CCCN(c3ccc(N4CCOCC4)nn3)C2)cc1. The maximum Gasteiger partial charge on any atom is 0.225 e. The number of piperidine rings is 1. The molecule has 2 aliphatic rings. The molecule has 166 valence electrons. The van der Waals surface area contributed by atoms with Crippen LogP contribution in [0, 0.1) is 5.92 Å². The van der Waals surface area contributed by atoms with Gasteiger partial charge in [-0.2, -0.15) is 0 Å². The van der Waals surface area contributed by atoms with E-state index in [0.29, 0.717) is 19.7 Å². The molecule has 1 amide bonds. The standard InChI is InChI=1S/C23H31N5O3/c1-2-31-20-7-5-18(6-8-20)16-24-23(29)19-4-3-11-28(17-19)22-10-9-21(25-26-22)27-12-14-30-15-13-27/h5-10,19H,2-4,11-17H2,1H3,(H,24,29). The van der Waals surface area contributed by atoms with E-state index in [9.17, 15) is 4.79 Å². The topological polar surface area (TPSA) is 79.8 Å². The van der Waals surface area contributed by atoms with Crippen molar-refractivity contribution in [1.29, 1.82) is 0 Å². The predicted molar refractivity (Wildman–Crippen MR) is 119 cm³/mol. The lowest BCUT2D eigenvalue weighted by Gasteiger charge is -2.33. The molecule has 1 N–H and O–H groups in total. The summed E-state index contributed by atoms with van der Waals surface area (Å²) in [5.41, 5.74) is 1.06. The van der Waals surface area contributed by atoms with Crippen LogP contribution in [-0.2, 0) is 16.1 Å². The number of hydrogen-bond acceptors (Lipinski definition) is 7. The molecule has 8 nitrogen and oxygen atoms in total. The molecule has 2 saturated heterocycles. The summed E-state index contributed by atoms with van der Waals surface area (Å²) >= 11 is 0. The number of carbonyl (C=O) groups excluding carboxylic acids is 1. The van der Waals surface area contributed by atoms with Crippen molar-refractivity contribution in [3.05, 3.63) is 42.0 Å². The fraction of sp³-hybridized carbons (Fsp3) is 0.522. The zero-order chi connectivity index (χ0) is 21.5. The highest BCUT2D eigenvalue weighted by molar-refractivity contribution is 5.79. The third kappa shape index (κ3) is 5.64. The molecule has 1 atom stereocenters. The Morgan fingerprint density at radius 1 is 1.06 bits per heavy atom. The number of hydrogen-bond donors (Lipinski definition) is 1. The Morgan fingerprint density at radius 2 is 1.77 bits per heavy atom. The second-order valence-electron chi connectivity index (χ2n) is 7.93. The quantitative estimate of drug-likeness (QED) is 0.729. The highest BCUT2D eigenvalue weighted by Gasteiger charge is 2.26.